The van der Waals surface area contributed by atoms with Crippen LogP contribution in [-0.2, 0) is 16.1 Å². The van der Waals surface area contributed by atoms with Crippen molar-refractivity contribution in [3.8, 4) is 0 Å². The van der Waals surface area contributed by atoms with Crippen molar-refractivity contribution in [2.75, 3.05) is 38.1 Å². The van der Waals surface area contributed by atoms with Crippen LogP contribution >= 0.6 is 24.8 Å². The molecule has 5 nitrogen and oxygen atoms in total. The lowest BCUT2D eigenvalue weighted by Gasteiger charge is -2.33. The summed E-state index contributed by atoms with van der Waals surface area (Å²) in [7, 11) is 0. The summed E-state index contributed by atoms with van der Waals surface area (Å²) in [6.07, 6.45) is 0.0399. The zero-order valence-corrected chi connectivity index (χ0v) is 16.8. The predicted octanol–water partition coefficient (Wildman–Crippen LogP) is 2.96. The van der Waals surface area contributed by atoms with Gasteiger partial charge < -0.3 is 15.4 Å². The normalized spacial score (nSPS) is 16.5. The van der Waals surface area contributed by atoms with Gasteiger partial charge in [-0.3, -0.25) is 9.69 Å². The second-order valence-corrected chi connectivity index (χ2v) is 6.24. The summed E-state index contributed by atoms with van der Waals surface area (Å²) in [6, 6.07) is 20.2. The van der Waals surface area contributed by atoms with E-state index in [2.05, 4.69) is 39.8 Å². The van der Waals surface area contributed by atoms with Gasteiger partial charge in [-0.05, 0) is 17.7 Å². The fourth-order valence-electron chi connectivity index (χ4n) is 2.92. The molecule has 148 valence electrons. The average molecular weight is 412 g/mol. The maximum absolute atomic E-state index is 12.0. The van der Waals surface area contributed by atoms with Crippen molar-refractivity contribution in [3.63, 3.8) is 0 Å². The number of carbonyl (C=O) groups is 1. The van der Waals surface area contributed by atoms with Crippen molar-refractivity contribution in [3.05, 3.63) is 66.2 Å². The number of morpholine rings is 1. The van der Waals surface area contributed by atoms with Gasteiger partial charge in [-0.2, -0.15) is 0 Å². The fraction of sp³-hybridized carbons (Fsp3) is 0.350. The summed E-state index contributed by atoms with van der Waals surface area (Å²) in [4.78, 5) is 14.4. The molecule has 1 aliphatic rings. The van der Waals surface area contributed by atoms with Gasteiger partial charge in [0.1, 0.15) is 0 Å². The Morgan fingerprint density at radius 1 is 1.04 bits per heavy atom. The molecule has 0 aromatic heterocycles. The number of hydrogen-bond donors (Lipinski definition) is 2. The highest BCUT2D eigenvalue weighted by Crippen LogP contribution is 2.10. The van der Waals surface area contributed by atoms with Crippen LogP contribution in [0.25, 0.3) is 0 Å². The topological polar surface area (TPSA) is 53.6 Å². The average Bonchev–Trinajstić information content (AvgIpc) is 2.67. The zero-order valence-electron chi connectivity index (χ0n) is 15.2. The standard InChI is InChI=1S/C20H25N3O2.2ClH/c24-20(14-21-18-9-5-2-6-10-18)22-13-19-16-23(11-12-25-19)15-17-7-3-1-4-8-17;;/h1-10,19,21H,11-16H2,(H,22,24);2*1H. The Morgan fingerprint density at radius 2 is 1.70 bits per heavy atom. The van der Waals surface area contributed by atoms with Gasteiger partial charge in [-0.15, -0.1) is 24.8 Å². The zero-order chi connectivity index (χ0) is 17.3. The van der Waals surface area contributed by atoms with Crippen LogP contribution in [0.15, 0.2) is 60.7 Å². The summed E-state index contributed by atoms with van der Waals surface area (Å²) >= 11 is 0. The third kappa shape index (κ3) is 8.18. The van der Waals surface area contributed by atoms with E-state index in [-0.39, 0.29) is 43.4 Å². The van der Waals surface area contributed by atoms with Crippen LogP contribution in [0.5, 0.6) is 0 Å². The molecule has 0 bridgehead atoms. The second-order valence-electron chi connectivity index (χ2n) is 6.24. The third-order valence-electron chi connectivity index (χ3n) is 4.23. The maximum atomic E-state index is 12.0. The number of benzene rings is 2. The van der Waals surface area contributed by atoms with Gasteiger partial charge >= 0.3 is 0 Å². The van der Waals surface area contributed by atoms with Crippen LogP contribution in [0.3, 0.4) is 0 Å². The molecule has 0 saturated carbocycles. The second kappa shape index (κ2) is 12.6. The Hall–Kier alpha value is -1.79. The molecule has 0 aliphatic carbocycles. The Bertz CT molecular complexity index is 659. The minimum Gasteiger partial charge on any atom is -0.376 e. The number of amides is 1. The predicted molar refractivity (Wildman–Crippen MR) is 114 cm³/mol. The van der Waals surface area contributed by atoms with Crippen LogP contribution in [-0.4, -0.2) is 49.7 Å². The molecular formula is C20H27Cl2N3O2. The number of halogens is 2. The molecule has 2 aromatic rings. The summed E-state index contributed by atoms with van der Waals surface area (Å²) in [6.45, 7) is 4.20. The molecule has 27 heavy (non-hydrogen) atoms. The number of hydrogen-bond acceptors (Lipinski definition) is 4. The minimum atomic E-state index is -0.0207. The van der Waals surface area contributed by atoms with E-state index >= 15 is 0 Å². The molecule has 1 heterocycles. The quantitative estimate of drug-likeness (QED) is 0.735. The Morgan fingerprint density at radius 3 is 2.41 bits per heavy atom. The van der Waals surface area contributed by atoms with E-state index in [1.54, 1.807) is 0 Å². The number of carbonyl (C=O) groups excluding carboxylic acids is 1. The monoisotopic (exact) mass is 411 g/mol. The summed E-state index contributed by atoms with van der Waals surface area (Å²) < 4.78 is 5.78. The molecule has 7 heteroatoms. The van der Waals surface area contributed by atoms with E-state index in [0.29, 0.717) is 13.2 Å². The number of nitrogens with zero attached hydrogens (tertiary/aromatic N) is 1. The van der Waals surface area contributed by atoms with Gasteiger partial charge in [0, 0.05) is 31.9 Å². The van der Waals surface area contributed by atoms with Crippen molar-refractivity contribution in [1.82, 2.24) is 10.2 Å². The first kappa shape index (κ1) is 23.2. The first-order valence-corrected chi connectivity index (χ1v) is 8.73. The molecule has 1 unspecified atom stereocenters. The van der Waals surface area contributed by atoms with E-state index in [1.807, 2.05) is 36.4 Å². The van der Waals surface area contributed by atoms with E-state index in [0.717, 1.165) is 25.3 Å². The van der Waals surface area contributed by atoms with E-state index < -0.39 is 0 Å². The Kier molecular flexibility index (Phi) is 10.8. The van der Waals surface area contributed by atoms with Crippen LogP contribution < -0.4 is 10.6 Å². The van der Waals surface area contributed by atoms with Crippen molar-refractivity contribution < 1.29 is 9.53 Å². The van der Waals surface area contributed by atoms with E-state index in [9.17, 15) is 4.79 Å². The smallest absolute Gasteiger partial charge is 0.239 e. The highest BCUT2D eigenvalue weighted by Gasteiger charge is 2.20. The van der Waals surface area contributed by atoms with E-state index in [4.69, 9.17) is 4.74 Å². The maximum Gasteiger partial charge on any atom is 0.239 e. The van der Waals surface area contributed by atoms with Crippen molar-refractivity contribution in [1.29, 1.82) is 0 Å². The molecule has 1 saturated heterocycles. The first-order chi connectivity index (χ1) is 12.3. The highest BCUT2D eigenvalue weighted by molar-refractivity contribution is 5.85. The molecule has 1 amide bonds. The molecule has 2 N–H and O–H groups in total. The van der Waals surface area contributed by atoms with Crippen molar-refractivity contribution in [2.24, 2.45) is 0 Å². The van der Waals surface area contributed by atoms with Gasteiger partial charge in [0.15, 0.2) is 0 Å². The molecular weight excluding hydrogens is 385 g/mol. The van der Waals surface area contributed by atoms with Gasteiger partial charge in [0.05, 0.1) is 19.3 Å². The SMILES string of the molecule is Cl.Cl.O=C(CNc1ccccc1)NCC1CN(Cc2ccccc2)CCO1. The lowest BCUT2D eigenvalue weighted by Crippen LogP contribution is -2.47. The number of nitrogens with one attached hydrogen (secondary N) is 2. The lowest BCUT2D eigenvalue weighted by atomic mass is 10.2. The van der Waals surface area contributed by atoms with Gasteiger partial charge in [0.2, 0.25) is 5.91 Å². The van der Waals surface area contributed by atoms with Crippen molar-refractivity contribution >= 4 is 36.4 Å². The number of rotatable bonds is 7. The summed E-state index contributed by atoms with van der Waals surface area (Å²) in [5.41, 5.74) is 2.25. The molecule has 2 aromatic carbocycles. The van der Waals surface area contributed by atoms with Gasteiger partial charge in [0.25, 0.3) is 0 Å². The first-order valence-electron chi connectivity index (χ1n) is 8.73. The van der Waals surface area contributed by atoms with Crippen LogP contribution in [0.2, 0.25) is 0 Å². The molecule has 1 atom stereocenters. The largest absolute Gasteiger partial charge is 0.376 e. The fourth-order valence-corrected chi connectivity index (χ4v) is 2.92. The molecule has 1 aliphatic heterocycles. The van der Waals surface area contributed by atoms with Crippen LogP contribution in [0, 0.1) is 0 Å². The van der Waals surface area contributed by atoms with Crippen molar-refractivity contribution in [2.45, 2.75) is 12.6 Å². The Balaban J connectivity index is 0.00000182. The summed E-state index contributed by atoms with van der Waals surface area (Å²) in [5.74, 6) is -0.0207. The minimum absolute atomic E-state index is 0. The van der Waals surface area contributed by atoms with Gasteiger partial charge in [-0.25, -0.2) is 0 Å². The number of anilines is 1. The Labute approximate surface area is 173 Å². The number of ether oxygens (including phenoxy) is 1. The number of para-hydroxylation sites is 1. The molecule has 0 radical (unpaired) electrons. The lowest BCUT2D eigenvalue weighted by molar-refractivity contribution is -0.120. The van der Waals surface area contributed by atoms with Crippen LogP contribution in [0.4, 0.5) is 5.69 Å². The van der Waals surface area contributed by atoms with Crippen LogP contribution in [0.1, 0.15) is 5.56 Å². The summed E-state index contributed by atoms with van der Waals surface area (Å²) in [5, 5.41) is 6.06. The molecule has 0 spiro atoms. The highest BCUT2D eigenvalue weighted by atomic mass is 35.5. The third-order valence-corrected chi connectivity index (χ3v) is 4.23. The molecule has 3 rings (SSSR count). The van der Waals surface area contributed by atoms with Gasteiger partial charge in [-0.1, -0.05) is 48.5 Å². The van der Waals surface area contributed by atoms with E-state index in [1.165, 1.54) is 5.56 Å². The molecule has 1 fully saturated rings.